The first-order chi connectivity index (χ1) is 7.38. The van der Waals surface area contributed by atoms with Crippen molar-refractivity contribution in [2.75, 3.05) is 6.26 Å². The van der Waals surface area contributed by atoms with E-state index in [9.17, 15) is 13.2 Å². The van der Waals surface area contributed by atoms with Crippen LogP contribution in [0.15, 0.2) is 35.3 Å². The van der Waals surface area contributed by atoms with Gasteiger partial charge in [0.15, 0.2) is 0 Å². The van der Waals surface area contributed by atoms with Crippen LogP contribution in [-0.4, -0.2) is 29.4 Å². The molecular formula is C9H10N2O4S. The largest absolute Gasteiger partial charge is 0.286 e. The van der Waals surface area contributed by atoms with Gasteiger partial charge in [-0.2, -0.15) is 13.5 Å². The van der Waals surface area contributed by atoms with Gasteiger partial charge >= 0.3 is 0 Å². The Morgan fingerprint density at radius 1 is 1.31 bits per heavy atom. The molecule has 0 spiro atoms. The zero-order valence-electron chi connectivity index (χ0n) is 8.41. The van der Waals surface area contributed by atoms with Gasteiger partial charge in [-0.25, -0.2) is 5.10 Å². The number of nitrogens with one attached hydrogen (secondary N) is 1. The molecule has 16 heavy (non-hydrogen) atoms. The molecular weight excluding hydrogens is 232 g/mol. The average molecular weight is 242 g/mol. The molecule has 2 rings (SSSR count). The normalized spacial score (nSPS) is 10.6. The summed E-state index contributed by atoms with van der Waals surface area (Å²) in [5, 5.41) is 7.60. The van der Waals surface area contributed by atoms with Gasteiger partial charge in [-0.3, -0.25) is 9.35 Å². The Labute approximate surface area is 91.7 Å². The first kappa shape index (κ1) is 12.3. The molecule has 0 aliphatic carbocycles. The molecule has 0 aliphatic heterocycles. The predicted molar refractivity (Wildman–Crippen MR) is 59.8 cm³/mol. The Morgan fingerprint density at radius 3 is 2.44 bits per heavy atom. The minimum absolute atomic E-state index is 0.136. The quantitative estimate of drug-likeness (QED) is 0.652. The highest BCUT2D eigenvalue weighted by atomic mass is 32.2. The van der Waals surface area contributed by atoms with E-state index in [1.165, 1.54) is 0 Å². The molecule has 2 N–H and O–H groups in total. The SMILES string of the molecule is CS(=O)(=O)O.O=c1[nH]ncc2ccccc12. The second-order valence-corrected chi connectivity index (χ2v) is 4.49. The third-order valence-corrected chi connectivity index (χ3v) is 1.58. The van der Waals surface area contributed by atoms with E-state index >= 15 is 0 Å². The summed E-state index contributed by atoms with van der Waals surface area (Å²) in [7, 11) is -3.67. The number of fused-ring (bicyclic) bond motifs is 1. The highest BCUT2D eigenvalue weighted by Gasteiger charge is 1.93. The van der Waals surface area contributed by atoms with Crippen LogP contribution in [0, 0.1) is 0 Å². The van der Waals surface area contributed by atoms with Crippen molar-refractivity contribution >= 4 is 20.9 Å². The first-order valence-electron chi connectivity index (χ1n) is 4.23. The Bertz CT molecular complexity index is 620. The summed E-state index contributed by atoms with van der Waals surface area (Å²) in [6.07, 6.45) is 2.35. The summed E-state index contributed by atoms with van der Waals surface area (Å²) < 4.78 is 25.9. The van der Waals surface area contributed by atoms with Gasteiger partial charge in [0.2, 0.25) is 0 Å². The summed E-state index contributed by atoms with van der Waals surface area (Å²) in [5.74, 6) is 0. The lowest BCUT2D eigenvalue weighted by Crippen LogP contribution is -2.06. The third kappa shape index (κ3) is 4.20. The Balaban J connectivity index is 0.000000221. The standard InChI is InChI=1S/C8H6N2O.CH4O3S/c11-8-7-4-2-1-3-6(7)5-9-10-8;1-5(2,3)4/h1-5H,(H,10,11);1H3,(H,2,3,4). The van der Waals surface area contributed by atoms with E-state index in [2.05, 4.69) is 10.2 Å². The monoisotopic (exact) mass is 242 g/mol. The number of nitrogens with zero attached hydrogens (tertiary/aromatic N) is 1. The van der Waals surface area contributed by atoms with Gasteiger partial charge in [-0.15, -0.1) is 0 Å². The van der Waals surface area contributed by atoms with Gasteiger partial charge in [0, 0.05) is 10.8 Å². The van der Waals surface area contributed by atoms with E-state index in [1.54, 1.807) is 12.3 Å². The van der Waals surface area contributed by atoms with Crippen molar-refractivity contribution in [2.45, 2.75) is 0 Å². The van der Waals surface area contributed by atoms with E-state index in [1.807, 2.05) is 18.2 Å². The molecule has 0 saturated carbocycles. The molecule has 0 unspecified atom stereocenters. The van der Waals surface area contributed by atoms with Crippen LogP contribution in [0.4, 0.5) is 0 Å². The Kier molecular flexibility index (Phi) is 3.75. The second-order valence-electron chi connectivity index (χ2n) is 3.02. The van der Waals surface area contributed by atoms with E-state index in [0.717, 1.165) is 5.39 Å². The van der Waals surface area contributed by atoms with Crippen LogP contribution in [-0.2, 0) is 10.1 Å². The van der Waals surface area contributed by atoms with Crippen LogP contribution in [0.1, 0.15) is 0 Å². The van der Waals surface area contributed by atoms with Gasteiger partial charge in [0.25, 0.3) is 15.7 Å². The lowest BCUT2D eigenvalue weighted by Gasteiger charge is -1.91. The minimum atomic E-state index is -3.67. The molecule has 1 aromatic heterocycles. The second kappa shape index (κ2) is 4.86. The maximum absolute atomic E-state index is 11.1. The lowest BCUT2D eigenvalue weighted by molar-refractivity contribution is 0.490. The summed E-state index contributed by atoms with van der Waals surface area (Å²) in [4.78, 5) is 11.1. The maximum atomic E-state index is 11.1. The van der Waals surface area contributed by atoms with Crippen LogP contribution in [0.25, 0.3) is 10.8 Å². The van der Waals surface area contributed by atoms with Gasteiger partial charge in [-0.05, 0) is 6.07 Å². The molecule has 86 valence electrons. The predicted octanol–water partition coefficient (Wildman–Crippen LogP) is 0.427. The minimum Gasteiger partial charge on any atom is -0.286 e. The van der Waals surface area contributed by atoms with E-state index in [-0.39, 0.29) is 5.56 Å². The highest BCUT2D eigenvalue weighted by Crippen LogP contribution is 2.04. The molecule has 0 saturated heterocycles. The molecule has 0 bridgehead atoms. The first-order valence-corrected chi connectivity index (χ1v) is 6.07. The average Bonchev–Trinajstić information content (AvgIpc) is 2.16. The molecule has 0 fully saturated rings. The third-order valence-electron chi connectivity index (χ3n) is 1.58. The fraction of sp³-hybridized carbons (Fsp3) is 0.111. The molecule has 1 heterocycles. The van der Waals surface area contributed by atoms with Crippen LogP contribution < -0.4 is 5.56 Å². The van der Waals surface area contributed by atoms with Gasteiger partial charge in [0.1, 0.15) is 0 Å². The van der Waals surface area contributed by atoms with Crippen LogP contribution in [0.3, 0.4) is 0 Å². The smallest absolute Gasteiger partial charge is 0.272 e. The molecule has 2 aromatic rings. The van der Waals surface area contributed by atoms with Crippen molar-refractivity contribution in [3.05, 3.63) is 40.8 Å². The summed E-state index contributed by atoms with van der Waals surface area (Å²) in [6.45, 7) is 0. The van der Waals surface area contributed by atoms with E-state index < -0.39 is 10.1 Å². The van der Waals surface area contributed by atoms with Crippen molar-refractivity contribution in [1.29, 1.82) is 0 Å². The zero-order valence-corrected chi connectivity index (χ0v) is 9.23. The van der Waals surface area contributed by atoms with Gasteiger partial charge in [0.05, 0.1) is 12.5 Å². The fourth-order valence-electron chi connectivity index (χ4n) is 1.04. The fourth-order valence-corrected chi connectivity index (χ4v) is 1.04. The number of hydrogen-bond donors (Lipinski definition) is 2. The molecule has 1 aromatic carbocycles. The van der Waals surface area contributed by atoms with Crippen molar-refractivity contribution in [2.24, 2.45) is 0 Å². The van der Waals surface area contributed by atoms with Crippen molar-refractivity contribution in [3.63, 3.8) is 0 Å². The molecule has 0 atom stereocenters. The Hall–Kier alpha value is -1.73. The summed E-state index contributed by atoms with van der Waals surface area (Å²) in [5.41, 5.74) is -0.136. The van der Waals surface area contributed by atoms with Crippen LogP contribution in [0.2, 0.25) is 0 Å². The molecule has 0 aliphatic rings. The molecule has 0 radical (unpaired) electrons. The molecule has 0 amide bonds. The summed E-state index contributed by atoms with van der Waals surface area (Å²) >= 11 is 0. The maximum Gasteiger partial charge on any atom is 0.272 e. The number of hydrogen-bond acceptors (Lipinski definition) is 4. The van der Waals surface area contributed by atoms with E-state index in [4.69, 9.17) is 4.55 Å². The highest BCUT2D eigenvalue weighted by molar-refractivity contribution is 7.85. The number of benzene rings is 1. The summed E-state index contributed by atoms with van der Waals surface area (Å²) in [6, 6.07) is 7.34. The lowest BCUT2D eigenvalue weighted by atomic mass is 10.2. The molecule has 7 heteroatoms. The number of aromatic amines is 1. The number of rotatable bonds is 0. The Morgan fingerprint density at radius 2 is 1.88 bits per heavy atom. The van der Waals surface area contributed by atoms with Crippen molar-refractivity contribution < 1.29 is 13.0 Å². The van der Waals surface area contributed by atoms with Gasteiger partial charge in [-0.1, -0.05) is 18.2 Å². The van der Waals surface area contributed by atoms with Gasteiger partial charge < -0.3 is 0 Å². The van der Waals surface area contributed by atoms with Crippen LogP contribution >= 0.6 is 0 Å². The van der Waals surface area contributed by atoms with Crippen LogP contribution in [0.5, 0.6) is 0 Å². The van der Waals surface area contributed by atoms with Crippen molar-refractivity contribution in [1.82, 2.24) is 10.2 Å². The van der Waals surface area contributed by atoms with E-state index in [0.29, 0.717) is 11.6 Å². The number of H-pyrrole nitrogens is 1. The molecule has 6 nitrogen and oxygen atoms in total. The zero-order chi connectivity index (χ0) is 12.2. The van der Waals surface area contributed by atoms with Crippen molar-refractivity contribution in [3.8, 4) is 0 Å². The topological polar surface area (TPSA) is 100 Å². The number of aromatic nitrogens is 2.